The predicted octanol–water partition coefficient (Wildman–Crippen LogP) is 3.73. The molecular weight excluding hydrogens is 374 g/mol. The topological polar surface area (TPSA) is 81.9 Å². The summed E-state index contributed by atoms with van der Waals surface area (Å²) in [5.74, 6) is 0. The third-order valence-corrected chi connectivity index (χ3v) is 3.48. The molecule has 3 aromatic rings. The van der Waals surface area contributed by atoms with E-state index in [0.717, 1.165) is 21.1 Å². The lowest BCUT2D eigenvalue weighted by Crippen LogP contribution is -2.31. The van der Waals surface area contributed by atoms with Gasteiger partial charge in [-0.25, -0.2) is 15.2 Å². The molecule has 0 radical (unpaired) electrons. The van der Waals surface area contributed by atoms with E-state index in [1.807, 2.05) is 18.2 Å². The highest BCUT2D eigenvalue weighted by Crippen LogP contribution is 2.21. The van der Waals surface area contributed by atoms with Crippen LogP contribution in [0.4, 0.5) is 4.79 Å². The Morgan fingerprint density at radius 2 is 2.04 bits per heavy atom. The van der Waals surface area contributed by atoms with Crippen LogP contribution in [0.5, 0.6) is 0 Å². The fourth-order valence-corrected chi connectivity index (χ4v) is 2.38. The Bertz CT molecular complexity index is 901. The van der Waals surface area contributed by atoms with E-state index in [-0.39, 0.29) is 0 Å². The number of hydrogen-bond acceptors (Lipinski definition) is 5. The third-order valence-electron chi connectivity index (χ3n) is 2.99. The van der Waals surface area contributed by atoms with E-state index in [2.05, 4.69) is 36.4 Å². The van der Waals surface area contributed by atoms with Crippen LogP contribution in [0.3, 0.4) is 0 Å². The first kappa shape index (κ1) is 16.4. The van der Waals surface area contributed by atoms with Crippen molar-refractivity contribution in [3.05, 3.63) is 41.3 Å². The monoisotopic (exact) mass is 389 g/mol. The van der Waals surface area contributed by atoms with Crippen LogP contribution in [0.1, 0.15) is 20.8 Å². The number of aromatic nitrogens is 4. The predicted molar refractivity (Wildman–Crippen MR) is 94.1 cm³/mol. The molecule has 0 aliphatic rings. The number of carbonyl (C=O) groups excluding carboxylic acids is 1. The highest BCUT2D eigenvalue weighted by atomic mass is 79.9. The van der Waals surface area contributed by atoms with Crippen molar-refractivity contribution in [3.8, 4) is 11.3 Å². The number of halogens is 1. The fourth-order valence-electron chi connectivity index (χ4n) is 2.03. The second-order valence-corrected chi connectivity index (χ2v) is 7.09. The molecule has 0 unspecified atom stereocenters. The van der Waals surface area contributed by atoms with E-state index in [1.165, 1.54) is 4.79 Å². The standard InChI is InChI=1S/C16H16BrN5O2/c1-16(2,3)24-15(23)21-22-9-10(7-19-22)14-8-18-12-5-4-11(17)6-13(12)20-14/h4-9H,1-3H3,(H,21,23). The molecule has 24 heavy (non-hydrogen) atoms. The summed E-state index contributed by atoms with van der Waals surface area (Å²) >= 11 is 3.42. The first-order valence-corrected chi connectivity index (χ1v) is 8.07. The average molecular weight is 390 g/mol. The number of ether oxygens (including phenoxy) is 1. The highest BCUT2D eigenvalue weighted by Gasteiger charge is 2.16. The number of rotatable bonds is 2. The summed E-state index contributed by atoms with van der Waals surface area (Å²) in [6, 6.07) is 5.71. The van der Waals surface area contributed by atoms with E-state index < -0.39 is 11.7 Å². The van der Waals surface area contributed by atoms with Gasteiger partial charge < -0.3 is 4.74 Å². The first-order valence-electron chi connectivity index (χ1n) is 7.27. The van der Waals surface area contributed by atoms with Gasteiger partial charge in [-0.15, -0.1) is 0 Å². The zero-order valence-electron chi connectivity index (χ0n) is 13.4. The van der Waals surface area contributed by atoms with Gasteiger partial charge in [-0.2, -0.15) is 9.89 Å². The zero-order chi connectivity index (χ0) is 17.3. The van der Waals surface area contributed by atoms with Crippen LogP contribution in [-0.4, -0.2) is 31.6 Å². The Morgan fingerprint density at radius 1 is 1.25 bits per heavy atom. The number of amides is 1. The van der Waals surface area contributed by atoms with E-state index in [0.29, 0.717) is 5.69 Å². The van der Waals surface area contributed by atoms with Gasteiger partial charge in [0.2, 0.25) is 0 Å². The maximum absolute atomic E-state index is 11.8. The number of hydrogen-bond donors (Lipinski definition) is 1. The molecule has 2 heterocycles. The molecule has 0 aliphatic carbocycles. The third kappa shape index (κ3) is 3.88. The van der Waals surface area contributed by atoms with Gasteiger partial charge in [0.1, 0.15) is 5.60 Å². The molecular formula is C16H16BrN5O2. The molecule has 0 spiro atoms. The normalized spacial score (nSPS) is 11.5. The number of fused-ring (bicyclic) bond motifs is 1. The summed E-state index contributed by atoms with van der Waals surface area (Å²) < 4.78 is 6.12. The van der Waals surface area contributed by atoms with Gasteiger partial charge >= 0.3 is 6.09 Å². The van der Waals surface area contributed by atoms with Gasteiger partial charge in [-0.05, 0) is 39.0 Å². The average Bonchev–Trinajstić information content (AvgIpc) is 2.92. The first-order chi connectivity index (χ1) is 11.3. The van der Waals surface area contributed by atoms with Crippen molar-refractivity contribution in [2.45, 2.75) is 26.4 Å². The molecule has 0 bridgehead atoms. The molecule has 1 aromatic carbocycles. The quantitative estimate of drug-likeness (QED) is 0.721. The smallest absolute Gasteiger partial charge is 0.428 e. The van der Waals surface area contributed by atoms with Gasteiger partial charge in [0.05, 0.1) is 35.3 Å². The van der Waals surface area contributed by atoms with Gasteiger partial charge in [0.15, 0.2) is 0 Å². The Labute approximate surface area is 147 Å². The minimum absolute atomic E-state index is 0.572. The summed E-state index contributed by atoms with van der Waals surface area (Å²) in [5, 5.41) is 4.09. The van der Waals surface area contributed by atoms with Crippen molar-refractivity contribution in [2.24, 2.45) is 0 Å². The van der Waals surface area contributed by atoms with Crippen molar-refractivity contribution in [1.29, 1.82) is 0 Å². The lowest BCUT2D eigenvalue weighted by molar-refractivity contribution is 0.0609. The molecule has 8 heteroatoms. The van der Waals surface area contributed by atoms with Crippen LogP contribution in [0, 0.1) is 0 Å². The second-order valence-electron chi connectivity index (χ2n) is 6.18. The van der Waals surface area contributed by atoms with E-state index in [4.69, 9.17) is 4.74 Å². The lowest BCUT2D eigenvalue weighted by Gasteiger charge is -2.19. The molecule has 124 valence electrons. The summed E-state index contributed by atoms with van der Waals surface area (Å²) in [6.07, 6.45) is 4.35. The largest absolute Gasteiger partial charge is 0.443 e. The summed E-state index contributed by atoms with van der Waals surface area (Å²) in [5.41, 5.74) is 4.93. The Hall–Kier alpha value is -2.48. The zero-order valence-corrected chi connectivity index (χ0v) is 15.0. The van der Waals surface area contributed by atoms with Crippen molar-refractivity contribution in [2.75, 3.05) is 5.43 Å². The van der Waals surface area contributed by atoms with Gasteiger partial charge in [0, 0.05) is 10.0 Å². The summed E-state index contributed by atoms with van der Waals surface area (Å²) in [7, 11) is 0. The van der Waals surface area contributed by atoms with Gasteiger partial charge in [-0.3, -0.25) is 4.98 Å². The van der Waals surface area contributed by atoms with Crippen molar-refractivity contribution in [1.82, 2.24) is 19.9 Å². The number of nitrogens with one attached hydrogen (secondary N) is 1. The number of benzene rings is 1. The maximum Gasteiger partial charge on any atom is 0.428 e. The molecule has 2 aromatic heterocycles. The molecule has 1 N–H and O–H groups in total. The van der Waals surface area contributed by atoms with Gasteiger partial charge in [-0.1, -0.05) is 15.9 Å². The van der Waals surface area contributed by atoms with Gasteiger partial charge in [0.25, 0.3) is 0 Å². The van der Waals surface area contributed by atoms with Crippen LogP contribution in [0.2, 0.25) is 0 Å². The van der Waals surface area contributed by atoms with Crippen LogP contribution in [0.15, 0.2) is 41.3 Å². The minimum Gasteiger partial charge on any atom is -0.443 e. The molecule has 1 amide bonds. The summed E-state index contributed by atoms with van der Waals surface area (Å²) in [6.45, 7) is 5.39. The fraction of sp³-hybridized carbons (Fsp3) is 0.250. The van der Waals surface area contributed by atoms with Crippen LogP contribution in [-0.2, 0) is 4.74 Å². The van der Waals surface area contributed by atoms with Crippen LogP contribution < -0.4 is 5.43 Å². The molecule has 0 fully saturated rings. The van der Waals surface area contributed by atoms with E-state index in [9.17, 15) is 4.79 Å². The minimum atomic E-state index is -0.578. The molecule has 0 atom stereocenters. The van der Waals surface area contributed by atoms with Crippen molar-refractivity contribution in [3.63, 3.8) is 0 Å². The van der Waals surface area contributed by atoms with Crippen molar-refractivity contribution < 1.29 is 9.53 Å². The van der Waals surface area contributed by atoms with E-state index >= 15 is 0 Å². The molecule has 0 aliphatic heterocycles. The molecule has 7 nitrogen and oxygen atoms in total. The highest BCUT2D eigenvalue weighted by molar-refractivity contribution is 9.10. The summed E-state index contributed by atoms with van der Waals surface area (Å²) in [4.78, 5) is 22.0. The Morgan fingerprint density at radius 3 is 2.79 bits per heavy atom. The lowest BCUT2D eigenvalue weighted by atomic mass is 10.2. The maximum atomic E-state index is 11.8. The van der Waals surface area contributed by atoms with E-state index in [1.54, 1.807) is 39.4 Å². The van der Waals surface area contributed by atoms with Crippen molar-refractivity contribution >= 4 is 33.1 Å². The Kier molecular flexibility index (Phi) is 4.23. The SMILES string of the molecule is CC(C)(C)OC(=O)Nn1cc(-c2cnc3ccc(Br)cc3n2)cn1. The second kappa shape index (κ2) is 6.20. The number of carbonyl (C=O) groups is 1. The number of nitrogens with zero attached hydrogens (tertiary/aromatic N) is 4. The van der Waals surface area contributed by atoms with Crippen LogP contribution in [0.25, 0.3) is 22.3 Å². The molecule has 3 rings (SSSR count). The van der Waals surface area contributed by atoms with Crippen LogP contribution >= 0.6 is 15.9 Å². The molecule has 0 saturated carbocycles. The Balaban J connectivity index is 1.81. The molecule has 0 saturated heterocycles.